The van der Waals surface area contributed by atoms with E-state index in [1.165, 1.54) is 23.5 Å². The number of nitrogens with zero attached hydrogens (tertiary/aromatic N) is 1. The molecule has 1 atom stereocenters. The molecule has 1 N–H and O–H groups in total. The minimum absolute atomic E-state index is 0.0116. The van der Waals surface area contributed by atoms with Gasteiger partial charge in [0.05, 0.1) is 24.2 Å². The van der Waals surface area contributed by atoms with Crippen molar-refractivity contribution in [1.29, 1.82) is 0 Å². The van der Waals surface area contributed by atoms with Crippen molar-refractivity contribution in [2.24, 2.45) is 5.41 Å². The molecule has 1 aliphatic rings. The van der Waals surface area contributed by atoms with Gasteiger partial charge in [-0.2, -0.15) is 0 Å². The maximum Gasteiger partial charge on any atom is 0.264 e. The van der Waals surface area contributed by atoms with Crippen LogP contribution in [0.4, 0.5) is 5.69 Å². The maximum atomic E-state index is 13.6. The van der Waals surface area contributed by atoms with Crippen molar-refractivity contribution in [2.75, 3.05) is 18.0 Å². The van der Waals surface area contributed by atoms with Crippen LogP contribution in [-0.2, 0) is 14.8 Å². The molecule has 1 aliphatic heterocycles. The first-order chi connectivity index (χ1) is 15.2. The average molecular weight is 475 g/mol. The largest absolute Gasteiger partial charge is 0.497 e. The molecule has 0 aliphatic carbocycles. The Labute approximate surface area is 197 Å². The van der Waals surface area contributed by atoms with E-state index in [0.29, 0.717) is 17.2 Å². The number of amides is 1. The minimum Gasteiger partial charge on any atom is -0.497 e. The standard InChI is InChI=1S/C25H34N2O5S/c1-17-8-13-20-21(14-17)32-22(23(28)26-25(5,6)16-24(2,3)4)15-27(20)33(29,30)19-11-9-18(31-7)10-12-19/h8-14,22H,15-16H2,1-7H3,(H,26,28)/t22-/m0/s1. The second-order valence-electron chi connectivity index (χ2n) is 10.4. The zero-order valence-electron chi connectivity index (χ0n) is 20.4. The van der Waals surface area contributed by atoms with Gasteiger partial charge in [0.2, 0.25) is 0 Å². The molecular weight excluding hydrogens is 440 g/mol. The van der Waals surface area contributed by atoms with E-state index < -0.39 is 21.7 Å². The van der Waals surface area contributed by atoms with Crippen LogP contribution in [-0.4, -0.2) is 39.6 Å². The lowest BCUT2D eigenvalue weighted by molar-refractivity contribution is -0.129. The van der Waals surface area contributed by atoms with Crippen LogP contribution in [0.3, 0.4) is 0 Å². The van der Waals surface area contributed by atoms with E-state index in [1.807, 2.05) is 26.8 Å². The highest BCUT2D eigenvalue weighted by molar-refractivity contribution is 7.92. The van der Waals surface area contributed by atoms with Gasteiger partial charge in [-0.15, -0.1) is 0 Å². The summed E-state index contributed by atoms with van der Waals surface area (Å²) in [5.41, 5.74) is 0.849. The summed E-state index contributed by atoms with van der Waals surface area (Å²) in [7, 11) is -2.41. The van der Waals surface area contributed by atoms with Gasteiger partial charge in [-0.05, 0) is 74.6 Å². The van der Waals surface area contributed by atoms with Crippen molar-refractivity contribution >= 4 is 21.6 Å². The lowest BCUT2D eigenvalue weighted by Gasteiger charge is -2.38. The van der Waals surface area contributed by atoms with Gasteiger partial charge >= 0.3 is 0 Å². The van der Waals surface area contributed by atoms with E-state index in [9.17, 15) is 13.2 Å². The molecule has 0 bridgehead atoms. The van der Waals surface area contributed by atoms with E-state index in [4.69, 9.17) is 9.47 Å². The molecule has 1 heterocycles. The second-order valence-corrected chi connectivity index (χ2v) is 12.3. The van der Waals surface area contributed by atoms with E-state index in [-0.39, 0.29) is 22.8 Å². The van der Waals surface area contributed by atoms with Crippen molar-refractivity contribution in [2.45, 2.75) is 64.5 Å². The molecule has 7 nitrogen and oxygen atoms in total. The summed E-state index contributed by atoms with van der Waals surface area (Å²) in [5, 5.41) is 3.05. The Kier molecular flexibility index (Phi) is 6.71. The summed E-state index contributed by atoms with van der Waals surface area (Å²) in [6.45, 7) is 12.0. The van der Waals surface area contributed by atoms with Gasteiger partial charge in [-0.1, -0.05) is 26.8 Å². The lowest BCUT2D eigenvalue weighted by Crippen LogP contribution is -2.55. The van der Waals surface area contributed by atoms with Crippen LogP contribution in [0.1, 0.15) is 46.6 Å². The number of ether oxygens (including phenoxy) is 2. The Morgan fingerprint density at radius 2 is 1.76 bits per heavy atom. The number of sulfonamides is 1. The molecule has 33 heavy (non-hydrogen) atoms. The summed E-state index contributed by atoms with van der Waals surface area (Å²) in [6, 6.07) is 11.5. The van der Waals surface area contributed by atoms with Crippen molar-refractivity contribution in [3.05, 3.63) is 48.0 Å². The average Bonchev–Trinajstić information content (AvgIpc) is 2.70. The molecule has 0 radical (unpaired) electrons. The number of methoxy groups -OCH3 is 1. The smallest absolute Gasteiger partial charge is 0.264 e. The van der Waals surface area contributed by atoms with E-state index in [1.54, 1.807) is 24.3 Å². The highest BCUT2D eigenvalue weighted by Crippen LogP contribution is 2.38. The number of aryl methyl sites for hydroxylation is 1. The van der Waals surface area contributed by atoms with E-state index in [0.717, 1.165) is 12.0 Å². The molecule has 0 spiro atoms. The van der Waals surface area contributed by atoms with E-state index >= 15 is 0 Å². The Morgan fingerprint density at radius 3 is 2.33 bits per heavy atom. The first-order valence-electron chi connectivity index (χ1n) is 11.0. The van der Waals surface area contributed by atoms with Crippen LogP contribution < -0.4 is 19.1 Å². The Morgan fingerprint density at radius 1 is 1.12 bits per heavy atom. The van der Waals surface area contributed by atoms with Crippen molar-refractivity contribution in [1.82, 2.24) is 5.32 Å². The number of hydrogen-bond acceptors (Lipinski definition) is 5. The molecule has 2 aromatic rings. The summed E-state index contributed by atoms with van der Waals surface area (Å²) in [5.74, 6) is 0.587. The molecule has 180 valence electrons. The summed E-state index contributed by atoms with van der Waals surface area (Å²) in [4.78, 5) is 13.3. The zero-order valence-corrected chi connectivity index (χ0v) is 21.2. The quantitative estimate of drug-likeness (QED) is 0.675. The van der Waals surface area contributed by atoms with Crippen molar-refractivity contribution in [3.8, 4) is 11.5 Å². The Hall–Kier alpha value is -2.74. The van der Waals surface area contributed by atoms with Crippen LogP contribution in [0.2, 0.25) is 0 Å². The fraction of sp³-hybridized carbons (Fsp3) is 0.480. The fourth-order valence-corrected chi connectivity index (χ4v) is 5.86. The summed E-state index contributed by atoms with van der Waals surface area (Å²) >= 11 is 0. The predicted molar refractivity (Wildman–Crippen MR) is 129 cm³/mol. The minimum atomic E-state index is -3.93. The molecule has 3 rings (SSSR count). The number of benzene rings is 2. The normalized spacial score (nSPS) is 16.6. The van der Waals surface area contributed by atoms with Crippen LogP contribution in [0.25, 0.3) is 0 Å². The van der Waals surface area contributed by atoms with Gasteiger partial charge in [0.15, 0.2) is 6.10 Å². The lowest BCUT2D eigenvalue weighted by atomic mass is 9.81. The Bertz CT molecular complexity index is 1120. The number of carbonyl (C=O) groups excluding carboxylic acids is 1. The first-order valence-corrected chi connectivity index (χ1v) is 12.4. The van der Waals surface area contributed by atoms with Gasteiger partial charge in [-0.25, -0.2) is 8.42 Å². The number of fused-ring (bicyclic) bond motifs is 1. The maximum absolute atomic E-state index is 13.6. The van der Waals surface area contributed by atoms with Gasteiger partial charge in [0.1, 0.15) is 11.5 Å². The molecule has 0 saturated carbocycles. The second kappa shape index (κ2) is 8.89. The third-order valence-corrected chi connectivity index (χ3v) is 7.15. The highest BCUT2D eigenvalue weighted by Gasteiger charge is 2.39. The molecule has 0 fully saturated rings. The van der Waals surface area contributed by atoms with Gasteiger partial charge in [-0.3, -0.25) is 9.10 Å². The molecule has 1 amide bonds. The third kappa shape index (κ3) is 5.79. The van der Waals surface area contributed by atoms with Crippen molar-refractivity contribution in [3.63, 3.8) is 0 Å². The van der Waals surface area contributed by atoms with E-state index in [2.05, 4.69) is 26.1 Å². The Balaban J connectivity index is 1.95. The van der Waals surface area contributed by atoms with Gasteiger partial charge in [0.25, 0.3) is 15.9 Å². The van der Waals surface area contributed by atoms with Crippen LogP contribution in [0.15, 0.2) is 47.4 Å². The monoisotopic (exact) mass is 474 g/mol. The molecule has 2 aromatic carbocycles. The van der Waals surface area contributed by atoms with Gasteiger partial charge < -0.3 is 14.8 Å². The SMILES string of the molecule is COc1ccc(S(=O)(=O)N2C[C@@H](C(=O)NC(C)(C)CC(C)(C)C)Oc3cc(C)ccc32)cc1. The first kappa shape index (κ1) is 24.9. The highest BCUT2D eigenvalue weighted by atomic mass is 32.2. The van der Waals surface area contributed by atoms with Crippen LogP contribution >= 0.6 is 0 Å². The topological polar surface area (TPSA) is 84.9 Å². The molecular formula is C25H34N2O5S. The molecule has 8 heteroatoms. The molecule has 0 saturated heterocycles. The van der Waals surface area contributed by atoms with Crippen LogP contribution in [0, 0.1) is 12.3 Å². The summed E-state index contributed by atoms with van der Waals surface area (Å²) < 4.78 is 39.6. The van der Waals surface area contributed by atoms with Crippen molar-refractivity contribution < 1.29 is 22.7 Å². The predicted octanol–water partition coefficient (Wildman–Crippen LogP) is 4.29. The molecule has 0 aromatic heterocycles. The van der Waals surface area contributed by atoms with Crippen LogP contribution in [0.5, 0.6) is 11.5 Å². The zero-order chi connectivity index (χ0) is 24.6. The number of nitrogens with one attached hydrogen (secondary N) is 1. The summed E-state index contributed by atoms with van der Waals surface area (Å²) in [6.07, 6.45) is -0.228. The number of rotatable bonds is 6. The van der Waals surface area contributed by atoms with Gasteiger partial charge in [0, 0.05) is 5.54 Å². The number of hydrogen-bond donors (Lipinski definition) is 1. The molecule has 0 unspecified atom stereocenters. The fourth-order valence-electron chi connectivity index (χ4n) is 4.38. The number of carbonyl (C=O) groups is 1. The third-order valence-electron chi connectivity index (χ3n) is 5.36. The number of anilines is 1.